The van der Waals surface area contributed by atoms with Crippen molar-refractivity contribution in [3.05, 3.63) is 12.7 Å². The molecule has 0 amide bonds. The number of aliphatic hydroxyl groups excluding tert-OH is 1. The Labute approximate surface area is 72.7 Å². The average Bonchev–Trinajstić information content (AvgIpc) is 1.86. The number of aliphatic carboxylic acids is 1. The third-order valence-electron chi connectivity index (χ3n) is 1.77. The van der Waals surface area contributed by atoms with Crippen LogP contribution in [0.1, 0.15) is 20.8 Å². The van der Waals surface area contributed by atoms with E-state index in [1.165, 1.54) is 6.08 Å². The molecule has 3 heteroatoms. The van der Waals surface area contributed by atoms with E-state index in [1.54, 1.807) is 20.8 Å². The zero-order chi connectivity index (χ0) is 9.94. The molecule has 0 rings (SSSR count). The smallest absolute Gasteiger partial charge is 0.313 e. The van der Waals surface area contributed by atoms with Crippen molar-refractivity contribution < 1.29 is 15.0 Å². The summed E-state index contributed by atoms with van der Waals surface area (Å²) in [6.45, 7) is 8.74. The molecule has 0 aliphatic rings. The molecule has 2 N–H and O–H groups in total. The van der Waals surface area contributed by atoms with Gasteiger partial charge in [-0.2, -0.15) is 0 Å². The van der Waals surface area contributed by atoms with Crippen LogP contribution in [0.15, 0.2) is 12.7 Å². The van der Waals surface area contributed by atoms with E-state index in [4.69, 9.17) is 5.11 Å². The van der Waals surface area contributed by atoms with Crippen LogP contribution in [0.4, 0.5) is 0 Å². The van der Waals surface area contributed by atoms with Gasteiger partial charge in [0.05, 0.1) is 6.10 Å². The lowest BCUT2D eigenvalue weighted by atomic mass is 9.81. The highest BCUT2D eigenvalue weighted by Gasteiger charge is 2.32. The van der Waals surface area contributed by atoms with Gasteiger partial charge in [-0.15, -0.1) is 6.58 Å². The lowest BCUT2D eigenvalue weighted by Gasteiger charge is -2.28. The fourth-order valence-electron chi connectivity index (χ4n) is 0.903. The van der Waals surface area contributed by atoms with Crippen molar-refractivity contribution in [2.24, 2.45) is 11.3 Å². The Morgan fingerprint density at radius 2 is 1.92 bits per heavy atom. The van der Waals surface area contributed by atoms with E-state index in [-0.39, 0.29) is 0 Å². The van der Waals surface area contributed by atoms with Crippen LogP contribution in [0.2, 0.25) is 0 Å². The van der Waals surface area contributed by atoms with Gasteiger partial charge in [-0.1, -0.05) is 26.8 Å². The molecule has 12 heavy (non-hydrogen) atoms. The molecule has 0 saturated heterocycles. The molecule has 0 spiro atoms. The van der Waals surface area contributed by atoms with Crippen LogP contribution in [0, 0.1) is 11.3 Å². The first-order chi connectivity index (χ1) is 5.30. The monoisotopic (exact) mass is 172 g/mol. The molecule has 0 heterocycles. The number of carboxylic acid groups (broad SMARTS) is 1. The Kier molecular flexibility index (Phi) is 3.46. The Bertz CT molecular complexity index is 179. The number of carboxylic acids is 1. The maximum atomic E-state index is 10.6. The highest BCUT2D eigenvalue weighted by Crippen LogP contribution is 2.25. The molecular weight excluding hydrogens is 156 g/mol. The standard InChI is InChI=1S/C9H16O3/c1-5-6(8(11)12)7(10)9(2,3)4/h5-7,10H,1H2,2-4H3,(H,11,12). The number of aliphatic hydroxyl groups is 1. The molecule has 0 radical (unpaired) electrons. The van der Waals surface area contributed by atoms with Crippen LogP contribution in [-0.2, 0) is 4.79 Å². The van der Waals surface area contributed by atoms with Crippen molar-refractivity contribution in [1.29, 1.82) is 0 Å². The summed E-state index contributed by atoms with van der Waals surface area (Å²) in [5.74, 6) is -1.92. The van der Waals surface area contributed by atoms with Gasteiger partial charge in [-0.3, -0.25) is 4.79 Å². The van der Waals surface area contributed by atoms with Crippen molar-refractivity contribution in [3.63, 3.8) is 0 Å². The fourth-order valence-corrected chi connectivity index (χ4v) is 0.903. The second-order valence-electron chi connectivity index (χ2n) is 3.91. The van der Waals surface area contributed by atoms with Crippen molar-refractivity contribution in [3.8, 4) is 0 Å². The fraction of sp³-hybridized carbons (Fsp3) is 0.667. The summed E-state index contributed by atoms with van der Waals surface area (Å²) in [6.07, 6.45) is 0.366. The molecule has 0 aromatic carbocycles. The first-order valence-corrected chi connectivity index (χ1v) is 3.84. The minimum atomic E-state index is -1.03. The Hall–Kier alpha value is -0.830. The predicted octanol–water partition coefficient (Wildman–Crippen LogP) is 1.28. The van der Waals surface area contributed by atoms with Crippen LogP contribution in [0.25, 0.3) is 0 Å². The van der Waals surface area contributed by atoms with E-state index in [0.29, 0.717) is 0 Å². The van der Waals surface area contributed by atoms with Gasteiger partial charge in [-0.25, -0.2) is 0 Å². The molecule has 0 aliphatic carbocycles. The van der Waals surface area contributed by atoms with Crippen LogP contribution in [0.3, 0.4) is 0 Å². The van der Waals surface area contributed by atoms with E-state index in [9.17, 15) is 9.90 Å². The number of hydrogen-bond donors (Lipinski definition) is 2. The molecule has 0 aromatic heterocycles. The molecule has 2 unspecified atom stereocenters. The summed E-state index contributed by atoms with van der Waals surface area (Å²) in [4.78, 5) is 10.6. The molecule has 0 aromatic rings. The van der Waals surface area contributed by atoms with Gasteiger partial charge in [0.25, 0.3) is 0 Å². The van der Waals surface area contributed by atoms with Gasteiger partial charge < -0.3 is 10.2 Å². The van der Waals surface area contributed by atoms with Crippen molar-refractivity contribution in [1.82, 2.24) is 0 Å². The maximum Gasteiger partial charge on any atom is 0.313 e. The summed E-state index contributed by atoms with van der Waals surface area (Å²) in [5, 5.41) is 18.2. The minimum absolute atomic E-state index is 0.433. The summed E-state index contributed by atoms with van der Waals surface area (Å²) in [5.41, 5.74) is -0.433. The highest BCUT2D eigenvalue weighted by molar-refractivity contribution is 5.72. The van der Waals surface area contributed by atoms with Gasteiger partial charge in [0.15, 0.2) is 0 Å². The van der Waals surface area contributed by atoms with E-state index >= 15 is 0 Å². The van der Waals surface area contributed by atoms with Crippen molar-refractivity contribution >= 4 is 5.97 Å². The molecule has 2 atom stereocenters. The van der Waals surface area contributed by atoms with Gasteiger partial charge in [0, 0.05) is 0 Å². The van der Waals surface area contributed by atoms with Crippen LogP contribution in [-0.4, -0.2) is 22.3 Å². The van der Waals surface area contributed by atoms with E-state index in [2.05, 4.69) is 6.58 Å². The topological polar surface area (TPSA) is 57.5 Å². The number of hydrogen-bond acceptors (Lipinski definition) is 2. The Balaban J connectivity index is 4.53. The first kappa shape index (κ1) is 11.2. The van der Waals surface area contributed by atoms with Crippen molar-refractivity contribution in [2.75, 3.05) is 0 Å². The van der Waals surface area contributed by atoms with Gasteiger partial charge >= 0.3 is 5.97 Å². The van der Waals surface area contributed by atoms with Gasteiger partial charge in [-0.05, 0) is 5.41 Å². The van der Waals surface area contributed by atoms with Crippen LogP contribution < -0.4 is 0 Å². The summed E-state index contributed by atoms with van der Waals surface area (Å²) in [6, 6.07) is 0. The summed E-state index contributed by atoms with van der Waals surface area (Å²) in [7, 11) is 0. The number of carbonyl (C=O) groups is 1. The minimum Gasteiger partial charge on any atom is -0.481 e. The Morgan fingerprint density at radius 3 is 2.00 bits per heavy atom. The zero-order valence-electron chi connectivity index (χ0n) is 7.74. The van der Waals surface area contributed by atoms with Gasteiger partial charge in [0.1, 0.15) is 5.92 Å². The second kappa shape index (κ2) is 3.72. The molecule has 0 bridgehead atoms. The normalized spacial score (nSPS) is 16.7. The highest BCUT2D eigenvalue weighted by atomic mass is 16.4. The molecule has 0 aliphatic heterocycles. The lowest BCUT2D eigenvalue weighted by molar-refractivity contribution is -0.145. The average molecular weight is 172 g/mol. The molecule has 3 nitrogen and oxygen atoms in total. The third kappa shape index (κ3) is 2.66. The molecular formula is C9H16O3. The predicted molar refractivity (Wildman–Crippen MR) is 46.8 cm³/mol. The van der Waals surface area contributed by atoms with Crippen LogP contribution >= 0.6 is 0 Å². The van der Waals surface area contributed by atoms with Crippen LogP contribution in [0.5, 0.6) is 0 Å². The molecule has 0 fully saturated rings. The van der Waals surface area contributed by atoms with E-state index in [1.807, 2.05) is 0 Å². The zero-order valence-corrected chi connectivity index (χ0v) is 7.74. The molecule has 0 saturated carbocycles. The van der Waals surface area contributed by atoms with Crippen molar-refractivity contribution in [2.45, 2.75) is 26.9 Å². The quantitative estimate of drug-likeness (QED) is 0.630. The summed E-state index contributed by atoms with van der Waals surface area (Å²) >= 11 is 0. The maximum absolute atomic E-state index is 10.6. The largest absolute Gasteiger partial charge is 0.481 e. The SMILES string of the molecule is C=CC(C(=O)O)C(O)C(C)(C)C. The lowest BCUT2D eigenvalue weighted by Crippen LogP contribution is -2.36. The summed E-state index contributed by atoms with van der Waals surface area (Å²) < 4.78 is 0. The third-order valence-corrected chi connectivity index (χ3v) is 1.77. The number of rotatable bonds is 3. The first-order valence-electron chi connectivity index (χ1n) is 3.84. The Morgan fingerprint density at radius 1 is 1.50 bits per heavy atom. The molecule has 70 valence electrons. The van der Waals surface area contributed by atoms with Gasteiger partial charge in [0.2, 0.25) is 0 Å². The van der Waals surface area contributed by atoms with E-state index < -0.39 is 23.4 Å². The second-order valence-corrected chi connectivity index (χ2v) is 3.91. The van der Waals surface area contributed by atoms with E-state index in [0.717, 1.165) is 0 Å².